The lowest BCUT2D eigenvalue weighted by molar-refractivity contribution is -0.162. The number of para-hydroxylation sites is 1. The van der Waals surface area contributed by atoms with E-state index < -0.39 is 33.5 Å². The molecule has 3 aromatic carbocycles. The van der Waals surface area contributed by atoms with Gasteiger partial charge in [0.25, 0.3) is 0 Å². The Morgan fingerprint density at radius 1 is 1.07 bits per heavy atom. The molecule has 1 unspecified atom stereocenters. The van der Waals surface area contributed by atoms with E-state index in [1.807, 2.05) is 56.3 Å². The van der Waals surface area contributed by atoms with E-state index in [1.165, 1.54) is 11.4 Å². The Balaban J connectivity index is 1.20. The highest BCUT2D eigenvalue weighted by atomic mass is 32.2. The molecule has 0 saturated carbocycles. The first kappa shape index (κ1) is 40.3. The molecule has 0 saturated heterocycles. The molecule has 2 heterocycles. The lowest BCUT2D eigenvalue weighted by Crippen LogP contribution is -2.36. The highest BCUT2D eigenvalue weighted by Crippen LogP contribution is 2.40. The molecule has 1 aliphatic carbocycles. The molecular formula is C43H48N4O8S. The number of carbonyl (C=O) groups excluding carboxylic acids is 1. The van der Waals surface area contributed by atoms with E-state index in [4.69, 9.17) is 14.2 Å². The average molecular weight is 781 g/mol. The number of allylic oxidation sites excluding steroid dienone is 5. The van der Waals surface area contributed by atoms with Crippen LogP contribution in [0.4, 0.5) is 0 Å². The third-order valence-corrected chi connectivity index (χ3v) is 11.9. The number of ether oxygens (including phenoxy) is 3. The Kier molecular flexibility index (Phi) is 12.4. The van der Waals surface area contributed by atoms with Crippen LogP contribution in [0, 0.1) is 12.3 Å². The van der Waals surface area contributed by atoms with Crippen LogP contribution in [0.5, 0.6) is 5.75 Å². The van der Waals surface area contributed by atoms with E-state index in [2.05, 4.69) is 22.5 Å². The van der Waals surface area contributed by atoms with E-state index >= 15 is 0 Å². The van der Waals surface area contributed by atoms with Crippen LogP contribution in [0.1, 0.15) is 79.6 Å². The molecule has 6 rings (SSSR count). The number of hydrogen-bond donors (Lipinski definition) is 1. The summed E-state index contributed by atoms with van der Waals surface area (Å²) < 4.78 is 48.5. The third kappa shape index (κ3) is 9.18. The van der Waals surface area contributed by atoms with Gasteiger partial charge < -0.3 is 19.3 Å². The van der Waals surface area contributed by atoms with Gasteiger partial charge in [0.1, 0.15) is 22.4 Å². The molecule has 0 amide bonds. The van der Waals surface area contributed by atoms with Crippen molar-refractivity contribution in [1.29, 1.82) is 0 Å². The molecule has 1 aliphatic heterocycles. The Morgan fingerprint density at radius 3 is 2.66 bits per heavy atom. The van der Waals surface area contributed by atoms with Crippen LogP contribution in [0.25, 0.3) is 5.57 Å². The smallest absolute Gasteiger partial charge is 0.331 e. The van der Waals surface area contributed by atoms with Crippen LogP contribution in [-0.4, -0.2) is 64.5 Å². The van der Waals surface area contributed by atoms with E-state index in [9.17, 15) is 23.1 Å². The summed E-state index contributed by atoms with van der Waals surface area (Å²) in [6, 6.07) is 20.5. The molecule has 294 valence electrons. The van der Waals surface area contributed by atoms with Gasteiger partial charge >= 0.3 is 11.9 Å². The predicted molar refractivity (Wildman–Crippen MR) is 211 cm³/mol. The first-order valence-corrected chi connectivity index (χ1v) is 20.0. The van der Waals surface area contributed by atoms with Crippen LogP contribution in [-0.2, 0) is 48.8 Å². The Hall–Kier alpha value is -5.37. The molecule has 2 aliphatic rings. The predicted octanol–water partition coefficient (Wildman–Crippen LogP) is 7.20. The second kappa shape index (κ2) is 17.2. The number of rotatable bonds is 12. The number of benzene rings is 3. The number of sulfonamides is 1. The molecule has 0 fully saturated rings. The molecule has 0 spiro atoms. The quantitative estimate of drug-likeness (QED) is 0.146. The summed E-state index contributed by atoms with van der Waals surface area (Å²) in [5.74, 6) is -1.02. The summed E-state index contributed by atoms with van der Waals surface area (Å²) in [6.45, 7) is 8.04. The first-order valence-electron chi connectivity index (χ1n) is 18.6. The fourth-order valence-corrected chi connectivity index (χ4v) is 8.66. The number of methoxy groups -OCH3 is 1. The SMILES string of the molecule is COC(=O)C(C)(C)C(OCc1cn(Cc2cccc(C3=C/CCC/C(C(=O)O)=C/C=C\3)c2)nn1)c1ccc(C)c(CN2C[C@@H](C)Oc3ccccc3S2(=O)=O)c1. The fraction of sp³-hybridized carbons (Fsp3) is 0.349. The van der Waals surface area contributed by atoms with Crippen LogP contribution in [0.2, 0.25) is 0 Å². The monoisotopic (exact) mass is 780 g/mol. The second-order valence-electron chi connectivity index (χ2n) is 14.8. The maximum atomic E-state index is 13.8. The number of esters is 1. The first-order chi connectivity index (χ1) is 26.8. The van der Waals surface area contributed by atoms with Gasteiger partial charge in [0.05, 0.1) is 44.5 Å². The summed E-state index contributed by atoms with van der Waals surface area (Å²) in [7, 11) is -2.53. The maximum absolute atomic E-state index is 13.8. The summed E-state index contributed by atoms with van der Waals surface area (Å²) in [6.07, 6.45) is 10.2. The third-order valence-electron chi connectivity index (χ3n) is 10.1. The summed E-state index contributed by atoms with van der Waals surface area (Å²) >= 11 is 0. The van der Waals surface area contributed by atoms with E-state index in [-0.39, 0.29) is 30.7 Å². The molecule has 13 heteroatoms. The Bertz CT molecular complexity index is 2290. The Labute approximate surface area is 328 Å². The van der Waals surface area contributed by atoms with Crippen molar-refractivity contribution in [1.82, 2.24) is 19.3 Å². The zero-order valence-corrected chi connectivity index (χ0v) is 33.2. The second-order valence-corrected chi connectivity index (χ2v) is 16.7. The number of fused-ring (bicyclic) bond motifs is 1. The van der Waals surface area contributed by atoms with Crippen LogP contribution in [0.15, 0.2) is 108 Å². The molecule has 12 nitrogen and oxygen atoms in total. The van der Waals surface area contributed by atoms with Gasteiger partial charge in [-0.25, -0.2) is 17.9 Å². The van der Waals surface area contributed by atoms with Crippen molar-refractivity contribution in [2.45, 2.75) is 83.8 Å². The van der Waals surface area contributed by atoms with Gasteiger partial charge in [-0.05, 0) is 98.5 Å². The van der Waals surface area contributed by atoms with Crippen molar-refractivity contribution < 1.29 is 37.3 Å². The lowest BCUT2D eigenvalue weighted by atomic mass is 9.81. The van der Waals surface area contributed by atoms with Crippen molar-refractivity contribution in [3.05, 3.63) is 136 Å². The van der Waals surface area contributed by atoms with Gasteiger partial charge in [-0.2, -0.15) is 4.31 Å². The number of aromatic nitrogens is 3. The van der Waals surface area contributed by atoms with Crippen molar-refractivity contribution in [2.75, 3.05) is 13.7 Å². The standard InChI is InChI=1S/C43H48N4O8S/c1-29-20-21-35(23-36(29)26-47-24-30(2)55-38-18-8-9-19-39(38)56(47,51)52)40(43(3,4)42(50)53-5)54-28-37-27-46(45-44-37)25-31-12-10-17-34(22-31)32-13-6-7-14-33(41(48)49)16-11-15-32/h8-13,15-23,27,30,40H,6-7,14,24-26,28H2,1-5H3,(H,48,49)/b15-11-,32-13+,33-16-/t30-,40?/m1/s1. The number of nitrogens with zero attached hydrogens (tertiary/aromatic N) is 4. The van der Waals surface area contributed by atoms with E-state index in [1.54, 1.807) is 61.1 Å². The van der Waals surface area contributed by atoms with Crippen molar-refractivity contribution in [3.8, 4) is 5.75 Å². The van der Waals surface area contributed by atoms with Crippen LogP contribution < -0.4 is 4.74 Å². The van der Waals surface area contributed by atoms with Gasteiger partial charge in [-0.1, -0.05) is 78.0 Å². The number of carboxylic acids is 1. The molecule has 1 N–H and O–H groups in total. The van der Waals surface area contributed by atoms with Gasteiger partial charge in [-0.3, -0.25) is 4.79 Å². The largest absolute Gasteiger partial charge is 0.488 e. The fourth-order valence-electron chi connectivity index (χ4n) is 7.04. The van der Waals surface area contributed by atoms with Crippen LogP contribution in [0.3, 0.4) is 0 Å². The summed E-state index contributed by atoms with van der Waals surface area (Å²) in [5.41, 5.74) is 5.21. The molecule has 0 bridgehead atoms. The minimum absolute atomic E-state index is 0.0456. The molecule has 1 aromatic heterocycles. The maximum Gasteiger partial charge on any atom is 0.331 e. The Morgan fingerprint density at radius 2 is 1.88 bits per heavy atom. The topological polar surface area (TPSA) is 150 Å². The number of carbonyl (C=O) groups is 2. The van der Waals surface area contributed by atoms with Gasteiger partial charge in [0.2, 0.25) is 10.0 Å². The summed E-state index contributed by atoms with van der Waals surface area (Å²) in [4.78, 5) is 24.8. The highest BCUT2D eigenvalue weighted by molar-refractivity contribution is 7.89. The number of carboxylic acid groups (broad SMARTS) is 1. The molecular weight excluding hydrogens is 733 g/mol. The lowest BCUT2D eigenvalue weighted by Gasteiger charge is -2.32. The number of aryl methyl sites for hydroxylation is 1. The van der Waals surface area contributed by atoms with Crippen LogP contribution >= 0.6 is 0 Å². The van der Waals surface area contributed by atoms with Crippen molar-refractivity contribution >= 4 is 27.5 Å². The molecule has 0 radical (unpaired) electrons. The molecule has 4 aromatic rings. The van der Waals surface area contributed by atoms with Gasteiger partial charge in [0.15, 0.2) is 0 Å². The van der Waals surface area contributed by atoms with Gasteiger partial charge in [-0.15, -0.1) is 5.10 Å². The zero-order valence-electron chi connectivity index (χ0n) is 32.3. The normalized spacial score (nSPS) is 20.3. The van der Waals surface area contributed by atoms with Gasteiger partial charge in [0, 0.05) is 12.1 Å². The minimum atomic E-state index is -3.87. The molecule has 56 heavy (non-hydrogen) atoms. The van der Waals surface area contributed by atoms with Crippen molar-refractivity contribution in [3.63, 3.8) is 0 Å². The van der Waals surface area contributed by atoms with E-state index in [0.717, 1.165) is 40.7 Å². The van der Waals surface area contributed by atoms with E-state index in [0.29, 0.717) is 35.5 Å². The van der Waals surface area contributed by atoms with Crippen molar-refractivity contribution in [2.24, 2.45) is 5.41 Å². The number of hydrogen-bond acceptors (Lipinski definition) is 9. The highest BCUT2D eigenvalue weighted by Gasteiger charge is 2.41. The minimum Gasteiger partial charge on any atom is -0.488 e. The number of aliphatic carboxylic acids is 1. The molecule has 2 atom stereocenters. The zero-order chi connectivity index (χ0) is 40.0. The summed E-state index contributed by atoms with van der Waals surface area (Å²) in [5, 5.41) is 18.1. The average Bonchev–Trinajstić information content (AvgIpc) is 3.63.